The van der Waals surface area contributed by atoms with Crippen LogP contribution in [-0.2, 0) is 4.74 Å². The molecule has 0 saturated carbocycles. The molecule has 1 atom stereocenters. The summed E-state index contributed by atoms with van der Waals surface area (Å²) in [7, 11) is 0. The number of rotatable bonds is 4. The second-order valence-electron chi connectivity index (χ2n) is 6.96. The molecule has 0 radical (unpaired) electrons. The zero-order valence-electron chi connectivity index (χ0n) is 16.1. The number of anilines is 4. The first-order chi connectivity index (χ1) is 14.7. The molecule has 9 nitrogen and oxygen atoms in total. The smallest absolute Gasteiger partial charge is 0.227 e. The Balaban J connectivity index is 1.34. The van der Waals surface area contributed by atoms with Gasteiger partial charge in [-0.3, -0.25) is 4.98 Å². The fourth-order valence-electron chi connectivity index (χ4n) is 3.40. The molecule has 0 spiro atoms. The lowest BCUT2D eigenvalue weighted by Gasteiger charge is -2.33. The predicted octanol–water partition coefficient (Wildman–Crippen LogP) is 2.72. The maximum absolute atomic E-state index is 5.88. The monoisotopic (exact) mass is 400 g/mol. The molecule has 0 amide bonds. The van der Waals surface area contributed by atoms with Crippen molar-refractivity contribution in [1.82, 2.24) is 24.9 Å². The Morgan fingerprint density at radius 2 is 1.90 bits per heavy atom. The molecule has 1 fully saturated rings. The van der Waals surface area contributed by atoms with Gasteiger partial charge in [0.05, 0.1) is 30.6 Å². The molecule has 1 aliphatic rings. The predicted molar refractivity (Wildman–Crippen MR) is 114 cm³/mol. The van der Waals surface area contributed by atoms with Gasteiger partial charge in [0.2, 0.25) is 11.9 Å². The lowest BCUT2D eigenvalue weighted by Crippen LogP contribution is -2.39. The SMILES string of the molecule is Nc1ncc(C2CN(c3nccc(Nc4cnc5ccccc5c4)n3)CCO2)cn1. The third-order valence-corrected chi connectivity index (χ3v) is 4.92. The highest BCUT2D eigenvalue weighted by atomic mass is 16.5. The fourth-order valence-corrected chi connectivity index (χ4v) is 3.40. The molecule has 9 heteroatoms. The topological polar surface area (TPSA) is 115 Å². The summed E-state index contributed by atoms with van der Waals surface area (Å²) in [6, 6.07) is 11.9. The first-order valence-corrected chi connectivity index (χ1v) is 9.63. The number of benzene rings is 1. The van der Waals surface area contributed by atoms with Crippen LogP contribution in [0.2, 0.25) is 0 Å². The number of hydrogen-bond donors (Lipinski definition) is 2. The normalized spacial score (nSPS) is 16.5. The highest BCUT2D eigenvalue weighted by molar-refractivity contribution is 5.82. The average molecular weight is 400 g/mol. The Kier molecular flexibility index (Phi) is 4.78. The summed E-state index contributed by atoms with van der Waals surface area (Å²) < 4.78 is 5.88. The van der Waals surface area contributed by atoms with Gasteiger partial charge in [0.1, 0.15) is 11.9 Å². The Labute approximate surface area is 173 Å². The first-order valence-electron chi connectivity index (χ1n) is 9.63. The number of nitrogens with two attached hydrogens (primary N) is 1. The van der Waals surface area contributed by atoms with Crippen molar-refractivity contribution in [2.45, 2.75) is 6.10 Å². The molecule has 1 saturated heterocycles. The van der Waals surface area contributed by atoms with Gasteiger partial charge in [-0.05, 0) is 18.2 Å². The van der Waals surface area contributed by atoms with Crippen LogP contribution in [0.3, 0.4) is 0 Å². The molecule has 30 heavy (non-hydrogen) atoms. The van der Waals surface area contributed by atoms with Crippen LogP contribution in [0.5, 0.6) is 0 Å². The van der Waals surface area contributed by atoms with Crippen molar-refractivity contribution in [1.29, 1.82) is 0 Å². The van der Waals surface area contributed by atoms with E-state index in [-0.39, 0.29) is 12.1 Å². The summed E-state index contributed by atoms with van der Waals surface area (Å²) >= 11 is 0. The summed E-state index contributed by atoms with van der Waals surface area (Å²) in [4.78, 5) is 23.8. The van der Waals surface area contributed by atoms with Gasteiger partial charge in [0, 0.05) is 36.1 Å². The van der Waals surface area contributed by atoms with E-state index in [1.807, 2.05) is 30.3 Å². The Bertz CT molecular complexity index is 1170. The van der Waals surface area contributed by atoms with Crippen molar-refractivity contribution in [2.75, 3.05) is 35.6 Å². The lowest BCUT2D eigenvalue weighted by atomic mass is 10.1. The van der Waals surface area contributed by atoms with E-state index >= 15 is 0 Å². The van der Waals surface area contributed by atoms with E-state index in [0.717, 1.165) is 22.2 Å². The van der Waals surface area contributed by atoms with Crippen LogP contribution in [0.4, 0.5) is 23.4 Å². The Morgan fingerprint density at radius 3 is 2.80 bits per heavy atom. The third kappa shape index (κ3) is 3.83. The standard InChI is InChI=1S/C21H20N8O/c22-20-25-10-15(11-26-20)18-13-29(7-8-30-18)21-23-6-5-19(28-21)27-16-9-14-3-1-2-4-17(14)24-12-16/h1-6,9-12,18H,7-8,13H2,(H2,22,25,26)(H,23,27,28). The largest absolute Gasteiger partial charge is 0.370 e. The number of fused-ring (bicyclic) bond motifs is 1. The van der Waals surface area contributed by atoms with E-state index in [0.29, 0.717) is 31.5 Å². The van der Waals surface area contributed by atoms with Gasteiger partial charge in [-0.2, -0.15) is 4.98 Å². The van der Waals surface area contributed by atoms with Crippen LogP contribution in [-0.4, -0.2) is 44.6 Å². The van der Waals surface area contributed by atoms with Gasteiger partial charge in [0.25, 0.3) is 0 Å². The van der Waals surface area contributed by atoms with Gasteiger partial charge in [-0.15, -0.1) is 0 Å². The van der Waals surface area contributed by atoms with Gasteiger partial charge in [0.15, 0.2) is 0 Å². The van der Waals surface area contributed by atoms with E-state index in [4.69, 9.17) is 10.5 Å². The molecule has 5 rings (SSSR count). The van der Waals surface area contributed by atoms with Crippen molar-refractivity contribution in [3.05, 3.63) is 66.7 Å². The van der Waals surface area contributed by atoms with Crippen molar-refractivity contribution in [3.8, 4) is 0 Å². The first kappa shape index (κ1) is 18.2. The number of nitrogens with zero attached hydrogens (tertiary/aromatic N) is 6. The number of ether oxygens (including phenoxy) is 1. The summed E-state index contributed by atoms with van der Waals surface area (Å²) in [5.41, 5.74) is 8.29. The van der Waals surface area contributed by atoms with Crippen LogP contribution in [0, 0.1) is 0 Å². The second-order valence-corrected chi connectivity index (χ2v) is 6.96. The number of pyridine rings is 1. The molecule has 4 aromatic rings. The molecule has 0 aliphatic carbocycles. The lowest BCUT2D eigenvalue weighted by molar-refractivity contribution is 0.0388. The molecule has 0 bridgehead atoms. The second kappa shape index (κ2) is 7.88. The van der Waals surface area contributed by atoms with E-state index < -0.39 is 0 Å². The summed E-state index contributed by atoms with van der Waals surface area (Å²) in [6.45, 7) is 1.87. The highest BCUT2D eigenvalue weighted by Crippen LogP contribution is 2.25. The summed E-state index contributed by atoms with van der Waals surface area (Å²) in [6.07, 6.45) is 6.78. The highest BCUT2D eigenvalue weighted by Gasteiger charge is 2.24. The zero-order chi connectivity index (χ0) is 20.3. The van der Waals surface area contributed by atoms with E-state index in [9.17, 15) is 0 Å². The minimum Gasteiger partial charge on any atom is -0.370 e. The summed E-state index contributed by atoms with van der Waals surface area (Å²) in [5.74, 6) is 1.59. The van der Waals surface area contributed by atoms with Gasteiger partial charge in [-0.25, -0.2) is 15.0 Å². The Morgan fingerprint density at radius 1 is 1.03 bits per heavy atom. The molecule has 4 heterocycles. The van der Waals surface area contributed by atoms with Crippen molar-refractivity contribution >= 4 is 34.3 Å². The maximum atomic E-state index is 5.88. The van der Waals surface area contributed by atoms with Crippen LogP contribution >= 0.6 is 0 Å². The van der Waals surface area contributed by atoms with Gasteiger partial charge in [-0.1, -0.05) is 18.2 Å². The minimum atomic E-state index is -0.163. The van der Waals surface area contributed by atoms with Crippen molar-refractivity contribution in [2.24, 2.45) is 0 Å². The van der Waals surface area contributed by atoms with Crippen LogP contribution in [0.1, 0.15) is 11.7 Å². The van der Waals surface area contributed by atoms with Crippen molar-refractivity contribution < 1.29 is 4.74 Å². The Hall–Kier alpha value is -3.85. The number of aromatic nitrogens is 5. The number of hydrogen-bond acceptors (Lipinski definition) is 9. The molecule has 150 valence electrons. The van der Waals surface area contributed by atoms with Crippen LogP contribution in [0.15, 0.2) is 61.2 Å². The summed E-state index contributed by atoms with van der Waals surface area (Å²) in [5, 5.41) is 4.39. The molecule has 1 aromatic carbocycles. The average Bonchev–Trinajstić information content (AvgIpc) is 2.80. The number of nitrogens with one attached hydrogen (secondary N) is 1. The number of nitrogen functional groups attached to an aromatic ring is 1. The van der Waals surface area contributed by atoms with E-state index in [1.54, 1.807) is 24.8 Å². The zero-order valence-corrected chi connectivity index (χ0v) is 16.1. The molecule has 3 aromatic heterocycles. The van der Waals surface area contributed by atoms with E-state index in [1.165, 1.54) is 0 Å². The minimum absolute atomic E-state index is 0.163. The quantitative estimate of drug-likeness (QED) is 0.533. The number of morpholine rings is 1. The van der Waals surface area contributed by atoms with E-state index in [2.05, 4.69) is 41.2 Å². The molecular weight excluding hydrogens is 380 g/mol. The van der Waals surface area contributed by atoms with Crippen LogP contribution < -0.4 is 16.0 Å². The van der Waals surface area contributed by atoms with Crippen molar-refractivity contribution in [3.63, 3.8) is 0 Å². The van der Waals surface area contributed by atoms with Gasteiger partial charge < -0.3 is 20.7 Å². The molecule has 1 unspecified atom stereocenters. The van der Waals surface area contributed by atoms with Crippen LogP contribution in [0.25, 0.3) is 10.9 Å². The molecule has 3 N–H and O–H groups in total. The molecular formula is C21H20N8O. The number of para-hydroxylation sites is 1. The fraction of sp³-hybridized carbons (Fsp3) is 0.190. The third-order valence-electron chi connectivity index (χ3n) is 4.92. The maximum Gasteiger partial charge on any atom is 0.227 e. The molecule has 1 aliphatic heterocycles. The van der Waals surface area contributed by atoms with Gasteiger partial charge >= 0.3 is 0 Å².